The topological polar surface area (TPSA) is 135 Å². The van der Waals surface area contributed by atoms with Crippen LogP contribution in [-0.4, -0.2) is 22.3 Å². The van der Waals surface area contributed by atoms with E-state index in [0.717, 1.165) is 11.1 Å². The van der Waals surface area contributed by atoms with E-state index in [4.69, 9.17) is 0 Å². The molecule has 0 saturated carbocycles. The maximum atomic E-state index is 10.7. The van der Waals surface area contributed by atoms with Gasteiger partial charge in [0.1, 0.15) is 0 Å². The molecule has 0 radical (unpaired) electrons. The van der Waals surface area contributed by atoms with Crippen molar-refractivity contribution in [3.05, 3.63) is 104 Å². The molecule has 2 N–H and O–H groups in total. The van der Waals surface area contributed by atoms with E-state index in [0.29, 0.717) is 11.4 Å². The van der Waals surface area contributed by atoms with Gasteiger partial charge in [-0.05, 0) is 41.5 Å². The number of anilines is 2. The average molecular weight is 404 g/mol. The van der Waals surface area contributed by atoms with Gasteiger partial charge in [-0.1, -0.05) is 18.2 Å². The largest absolute Gasteiger partial charge is 0.278 e. The van der Waals surface area contributed by atoms with E-state index in [1.54, 1.807) is 36.7 Å². The van der Waals surface area contributed by atoms with Crippen LogP contribution in [0.3, 0.4) is 0 Å². The number of hydrogen-bond acceptors (Lipinski definition) is 8. The molecule has 3 aromatic rings. The van der Waals surface area contributed by atoms with Gasteiger partial charge in [-0.2, -0.15) is 10.2 Å². The summed E-state index contributed by atoms with van der Waals surface area (Å²) in [6.45, 7) is 0. The summed E-state index contributed by atoms with van der Waals surface area (Å²) in [6, 6.07) is 19.3. The Morgan fingerprint density at radius 3 is 1.43 bits per heavy atom. The van der Waals surface area contributed by atoms with Gasteiger partial charge in [-0.15, -0.1) is 0 Å². The molecule has 0 saturated heterocycles. The molecule has 0 spiro atoms. The van der Waals surface area contributed by atoms with Crippen molar-refractivity contribution < 1.29 is 9.85 Å². The molecular formula is C20H16N6O4. The van der Waals surface area contributed by atoms with Gasteiger partial charge in [-0.25, -0.2) is 0 Å². The molecule has 10 heteroatoms. The van der Waals surface area contributed by atoms with Crippen LogP contribution in [0.4, 0.5) is 22.7 Å². The quantitative estimate of drug-likeness (QED) is 0.325. The fraction of sp³-hybridized carbons (Fsp3) is 0. The van der Waals surface area contributed by atoms with Crippen LogP contribution in [0.25, 0.3) is 0 Å². The first-order chi connectivity index (χ1) is 14.5. The molecule has 10 nitrogen and oxygen atoms in total. The molecule has 150 valence electrons. The molecule has 0 bridgehead atoms. The second kappa shape index (κ2) is 9.55. The van der Waals surface area contributed by atoms with Crippen LogP contribution in [0, 0.1) is 20.2 Å². The highest BCUT2D eigenvalue weighted by atomic mass is 16.6. The number of rotatable bonds is 8. The maximum absolute atomic E-state index is 10.7. The lowest BCUT2D eigenvalue weighted by Gasteiger charge is -2.01. The summed E-state index contributed by atoms with van der Waals surface area (Å²) < 4.78 is 0. The highest BCUT2D eigenvalue weighted by Crippen LogP contribution is 2.16. The second-order valence-electron chi connectivity index (χ2n) is 6.02. The Kier molecular flexibility index (Phi) is 6.41. The fourth-order valence-electron chi connectivity index (χ4n) is 2.40. The van der Waals surface area contributed by atoms with E-state index >= 15 is 0 Å². The van der Waals surface area contributed by atoms with E-state index in [1.807, 2.05) is 24.3 Å². The Morgan fingerprint density at radius 2 is 1.07 bits per heavy atom. The van der Waals surface area contributed by atoms with Crippen LogP contribution in [0.1, 0.15) is 11.1 Å². The Labute approximate surface area is 170 Å². The van der Waals surface area contributed by atoms with E-state index in [9.17, 15) is 20.2 Å². The van der Waals surface area contributed by atoms with Crippen LogP contribution in [0.5, 0.6) is 0 Å². The predicted molar refractivity (Wildman–Crippen MR) is 115 cm³/mol. The minimum absolute atomic E-state index is 0.0128. The van der Waals surface area contributed by atoms with Crippen LogP contribution >= 0.6 is 0 Å². The molecule has 0 aliphatic carbocycles. The Bertz CT molecular complexity index is 1010. The fourth-order valence-corrected chi connectivity index (χ4v) is 2.40. The zero-order chi connectivity index (χ0) is 21.3. The monoisotopic (exact) mass is 404 g/mol. The number of nitro groups is 2. The predicted octanol–water partition coefficient (Wildman–Crippen LogP) is 4.40. The summed E-state index contributed by atoms with van der Waals surface area (Å²) in [4.78, 5) is 20.4. The number of hydrogen-bond donors (Lipinski definition) is 2. The standard InChI is InChI=1S/C20H16N6O4/c27-25(28)19-8-4-17(5-9-19)23-21-13-15-2-1-3-16(12-15)14-22-24-18-6-10-20(11-7-18)26(29)30/h1-14,23-24H. The smallest absolute Gasteiger partial charge is 0.269 e. The summed E-state index contributed by atoms with van der Waals surface area (Å²) in [5.41, 5.74) is 8.54. The van der Waals surface area contributed by atoms with E-state index in [-0.39, 0.29) is 11.4 Å². The molecule has 30 heavy (non-hydrogen) atoms. The summed E-state index contributed by atoms with van der Waals surface area (Å²) in [5.74, 6) is 0. The van der Waals surface area contributed by atoms with Gasteiger partial charge in [0.25, 0.3) is 11.4 Å². The van der Waals surface area contributed by atoms with Crippen molar-refractivity contribution in [2.75, 3.05) is 10.9 Å². The van der Waals surface area contributed by atoms with Crippen LogP contribution in [-0.2, 0) is 0 Å². The zero-order valence-electron chi connectivity index (χ0n) is 15.5. The normalized spacial score (nSPS) is 10.9. The third kappa shape index (κ3) is 5.70. The molecule has 0 heterocycles. The Balaban J connectivity index is 1.57. The molecule has 3 aromatic carbocycles. The molecule has 0 amide bonds. The lowest BCUT2D eigenvalue weighted by molar-refractivity contribution is -0.385. The number of nitrogens with one attached hydrogen (secondary N) is 2. The third-order valence-corrected chi connectivity index (χ3v) is 3.88. The lowest BCUT2D eigenvalue weighted by Crippen LogP contribution is -1.94. The SMILES string of the molecule is O=[N+]([O-])c1ccc(NN=Cc2cccc(C=NNc3ccc([N+](=O)[O-])cc3)c2)cc1. The van der Waals surface area contributed by atoms with Crippen LogP contribution < -0.4 is 10.9 Å². The molecular weight excluding hydrogens is 388 g/mol. The van der Waals surface area contributed by atoms with Gasteiger partial charge in [0.2, 0.25) is 0 Å². The summed E-state index contributed by atoms with van der Waals surface area (Å²) in [7, 11) is 0. The van der Waals surface area contributed by atoms with Crippen molar-refractivity contribution >= 4 is 35.2 Å². The first-order valence-corrected chi connectivity index (χ1v) is 8.68. The molecule has 0 aliphatic rings. The Morgan fingerprint density at radius 1 is 0.667 bits per heavy atom. The van der Waals surface area contributed by atoms with Crippen molar-refractivity contribution in [3.8, 4) is 0 Å². The van der Waals surface area contributed by atoms with Crippen molar-refractivity contribution in [2.24, 2.45) is 10.2 Å². The average Bonchev–Trinajstić information content (AvgIpc) is 2.75. The molecule has 0 aliphatic heterocycles. The first-order valence-electron chi connectivity index (χ1n) is 8.68. The van der Waals surface area contributed by atoms with E-state index in [2.05, 4.69) is 21.1 Å². The van der Waals surface area contributed by atoms with Crippen molar-refractivity contribution in [3.63, 3.8) is 0 Å². The van der Waals surface area contributed by atoms with Crippen molar-refractivity contribution in [1.29, 1.82) is 0 Å². The molecule has 3 rings (SSSR count). The van der Waals surface area contributed by atoms with Gasteiger partial charge in [0.05, 0.1) is 33.7 Å². The van der Waals surface area contributed by atoms with Crippen molar-refractivity contribution in [1.82, 2.24) is 0 Å². The number of benzene rings is 3. The van der Waals surface area contributed by atoms with Gasteiger partial charge < -0.3 is 0 Å². The summed E-state index contributed by atoms with van der Waals surface area (Å²) in [5, 5.41) is 29.5. The van der Waals surface area contributed by atoms with E-state index in [1.165, 1.54) is 24.3 Å². The highest BCUT2D eigenvalue weighted by molar-refractivity contribution is 5.86. The van der Waals surface area contributed by atoms with Crippen molar-refractivity contribution in [2.45, 2.75) is 0 Å². The number of nitrogens with zero attached hydrogens (tertiary/aromatic N) is 4. The zero-order valence-corrected chi connectivity index (χ0v) is 15.5. The number of non-ortho nitro benzene ring substituents is 2. The van der Waals surface area contributed by atoms with E-state index < -0.39 is 9.85 Å². The van der Waals surface area contributed by atoms with Gasteiger partial charge in [0.15, 0.2) is 0 Å². The van der Waals surface area contributed by atoms with Gasteiger partial charge in [-0.3, -0.25) is 31.1 Å². The maximum Gasteiger partial charge on any atom is 0.269 e. The third-order valence-electron chi connectivity index (χ3n) is 3.88. The lowest BCUT2D eigenvalue weighted by atomic mass is 10.1. The molecule has 0 unspecified atom stereocenters. The second-order valence-corrected chi connectivity index (χ2v) is 6.02. The molecule has 0 aromatic heterocycles. The van der Waals surface area contributed by atoms with Crippen LogP contribution in [0.15, 0.2) is 83.0 Å². The Hall–Kier alpha value is -4.60. The minimum atomic E-state index is -0.462. The highest BCUT2D eigenvalue weighted by Gasteiger charge is 2.03. The summed E-state index contributed by atoms with van der Waals surface area (Å²) >= 11 is 0. The van der Waals surface area contributed by atoms with Crippen LogP contribution in [0.2, 0.25) is 0 Å². The van der Waals surface area contributed by atoms with Gasteiger partial charge >= 0.3 is 0 Å². The summed E-state index contributed by atoms with van der Waals surface area (Å²) in [6.07, 6.45) is 3.23. The number of hydrazone groups is 2. The molecule has 0 atom stereocenters. The van der Waals surface area contributed by atoms with Gasteiger partial charge in [0, 0.05) is 24.3 Å². The molecule has 0 fully saturated rings. The first kappa shape index (κ1) is 20.1. The number of nitro benzene ring substituents is 2. The minimum Gasteiger partial charge on any atom is -0.278 e.